The number of nitrogens with two attached hydrogens (primary N) is 2. The maximum atomic E-state index is 12.3. The van der Waals surface area contributed by atoms with E-state index in [1.54, 1.807) is 30.3 Å². The van der Waals surface area contributed by atoms with E-state index in [0.29, 0.717) is 22.3 Å². The Balaban J connectivity index is 2.28. The molecule has 5 heteroatoms. The maximum Gasteiger partial charge on any atom is 0.280 e. The van der Waals surface area contributed by atoms with Gasteiger partial charge in [0, 0.05) is 16.7 Å². The summed E-state index contributed by atoms with van der Waals surface area (Å²) in [5.74, 6) is -0.938. The van der Waals surface area contributed by atoms with Gasteiger partial charge >= 0.3 is 0 Å². The van der Waals surface area contributed by atoms with Crippen LogP contribution >= 0.6 is 0 Å². The van der Waals surface area contributed by atoms with Crippen molar-refractivity contribution in [2.45, 2.75) is 0 Å². The first-order valence-electron chi connectivity index (χ1n) is 6.00. The number of amides is 1. The number of benzene rings is 2. The highest BCUT2D eigenvalue weighted by Gasteiger charge is 2.29. The van der Waals surface area contributed by atoms with Crippen LogP contribution in [0.4, 0.5) is 0 Å². The van der Waals surface area contributed by atoms with Gasteiger partial charge in [-0.2, -0.15) is 4.99 Å². The average Bonchev–Trinajstić information content (AvgIpc) is 2.72. The van der Waals surface area contributed by atoms with Crippen LogP contribution in [0.2, 0.25) is 0 Å². The third-order valence-corrected chi connectivity index (χ3v) is 3.21. The van der Waals surface area contributed by atoms with Crippen LogP contribution in [0, 0.1) is 0 Å². The number of hydrogen-bond acceptors (Lipinski definition) is 2. The van der Waals surface area contributed by atoms with Crippen molar-refractivity contribution in [1.29, 1.82) is 0 Å². The Hall–Kier alpha value is -2.95. The fraction of sp³-hybridized carbons (Fsp3) is 0. The second kappa shape index (κ2) is 4.31. The maximum absolute atomic E-state index is 12.3. The third kappa shape index (κ3) is 1.68. The molecule has 1 aliphatic carbocycles. The molecule has 98 valence electrons. The quantitative estimate of drug-likeness (QED) is 0.512. The summed E-state index contributed by atoms with van der Waals surface area (Å²) < 4.78 is 0. The Kier molecular flexibility index (Phi) is 2.61. The molecule has 4 N–H and O–H groups in total. The lowest BCUT2D eigenvalue weighted by Gasteiger charge is -2.05. The van der Waals surface area contributed by atoms with Gasteiger partial charge in [-0.3, -0.25) is 9.59 Å². The summed E-state index contributed by atoms with van der Waals surface area (Å²) in [7, 11) is 0. The van der Waals surface area contributed by atoms with Crippen LogP contribution in [0.25, 0.3) is 11.1 Å². The van der Waals surface area contributed by atoms with E-state index in [1.165, 1.54) is 0 Å². The number of rotatable bonds is 1. The van der Waals surface area contributed by atoms with Gasteiger partial charge < -0.3 is 11.5 Å². The minimum absolute atomic E-state index is 0.0880. The van der Waals surface area contributed by atoms with Crippen LogP contribution in [0.1, 0.15) is 26.3 Å². The lowest BCUT2D eigenvalue weighted by molar-refractivity contribution is 0.100. The van der Waals surface area contributed by atoms with Gasteiger partial charge in [0.2, 0.25) is 0 Å². The van der Waals surface area contributed by atoms with E-state index in [-0.39, 0.29) is 11.7 Å². The number of hydrogen-bond donors (Lipinski definition) is 2. The van der Waals surface area contributed by atoms with Crippen LogP contribution in [-0.2, 0) is 0 Å². The van der Waals surface area contributed by atoms with Crippen molar-refractivity contribution in [3.63, 3.8) is 0 Å². The van der Waals surface area contributed by atoms with Gasteiger partial charge in [0.25, 0.3) is 5.91 Å². The minimum atomic E-state index is -0.550. The molecule has 1 aliphatic rings. The SMILES string of the molecule is NC(N)=NC(=O)c1cccc2c1-c1ccccc1C2=O. The number of guanidine groups is 1. The zero-order valence-corrected chi connectivity index (χ0v) is 10.5. The number of ketones is 1. The van der Waals surface area contributed by atoms with Crippen molar-refractivity contribution in [3.8, 4) is 11.1 Å². The molecule has 20 heavy (non-hydrogen) atoms. The van der Waals surface area contributed by atoms with Gasteiger partial charge in [-0.25, -0.2) is 0 Å². The van der Waals surface area contributed by atoms with E-state index < -0.39 is 5.91 Å². The molecule has 0 radical (unpaired) electrons. The zero-order chi connectivity index (χ0) is 14.3. The van der Waals surface area contributed by atoms with Crippen LogP contribution in [0.3, 0.4) is 0 Å². The van der Waals surface area contributed by atoms with E-state index in [4.69, 9.17) is 11.5 Å². The number of fused-ring (bicyclic) bond motifs is 3. The molecule has 2 aromatic carbocycles. The van der Waals surface area contributed by atoms with Crippen LogP contribution in [0.5, 0.6) is 0 Å². The summed E-state index contributed by atoms with van der Waals surface area (Å²) in [6.07, 6.45) is 0. The molecule has 0 aliphatic heterocycles. The van der Waals surface area contributed by atoms with Gasteiger partial charge in [-0.1, -0.05) is 36.4 Å². The van der Waals surface area contributed by atoms with E-state index in [1.807, 2.05) is 12.1 Å². The third-order valence-electron chi connectivity index (χ3n) is 3.21. The highest BCUT2D eigenvalue weighted by molar-refractivity contribution is 6.24. The fourth-order valence-corrected chi connectivity index (χ4v) is 2.43. The van der Waals surface area contributed by atoms with E-state index in [2.05, 4.69) is 4.99 Å². The topological polar surface area (TPSA) is 98.5 Å². The molecular weight excluding hydrogens is 254 g/mol. The zero-order valence-electron chi connectivity index (χ0n) is 10.5. The molecule has 0 fully saturated rings. The van der Waals surface area contributed by atoms with Gasteiger partial charge in [0.15, 0.2) is 11.7 Å². The molecule has 0 atom stereocenters. The first-order valence-corrected chi connectivity index (χ1v) is 6.00. The smallest absolute Gasteiger partial charge is 0.280 e. The fourth-order valence-electron chi connectivity index (χ4n) is 2.43. The Morgan fingerprint density at radius 3 is 2.25 bits per heavy atom. The van der Waals surface area contributed by atoms with Gasteiger partial charge in [-0.05, 0) is 11.6 Å². The lowest BCUT2D eigenvalue weighted by Crippen LogP contribution is -2.24. The first kappa shape index (κ1) is 12.1. The van der Waals surface area contributed by atoms with Crippen molar-refractivity contribution >= 4 is 17.6 Å². The summed E-state index contributed by atoms with van der Waals surface area (Å²) in [6.45, 7) is 0. The molecule has 0 aromatic heterocycles. The van der Waals surface area contributed by atoms with E-state index in [9.17, 15) is 9.59 Å². The molecule has 1 amide bonds. The number of aliphatic imine (C=N–C) groups is 1. The molecule has 0 unspecified atom stereocenters. The number of nitrogens with zero attached hydrogens (tertiary/aromatic N) is 1. The van der Waals surface area contributed by atoms with Crippen molar-refractivity contribution in [2.24, 2.45) is 16.5 Å². The first-order chi connectivity index (χ1) is 9.59. The highest BCUT2D eigenvalue weighted by Crippen LogP contribution is 2.38. The molecule has 0 saturated carbocycles. The standard InChI is InChI=1S/C15H11N3O2/c16-15(17)18-14(20)11-7-3-6-10-12(11)8-4-1-2-5-9(8)13(10)19/h1-7H,(H4,16,17,18,20). The second-order valence-electron chi connectivity index (χ2n) is 4.44. The Morgan fingerprint density at radius 1 is 0.900 bits per heavy atom. The Morgan fingerprint density at radius 2 is 1.55 bits per heavy atom. The van der Waals surface area contributed by atoms with Gasteiger partial charge in [0.1, 0.15) is 0 Å². The van der Waals surface area contributed by atoms with Crippen LogP contribution in [0.15, 0.2) is 47.5 Å². The van der Waals surface area contributed by atoms with E-state index >= 15 is 0 Å². The largest absolute Gasteiger partial charge is 0.370 e. The highest BCUT2D eigenvalue weighted by atomic mass is 16.1. The van der Waals surface area contributed by atoms with Gasteiger partial charge in [0.05, 0.1) is 5.56 Å². The monoisotopic (exact) mass is 265 g/mol. The number of carbonyl (C=O) groups is 2. The lowest BCUT2D eigenvalue weighted by atomic mass is 9.99. The van der Waals surface area contributed by atoms with Crippen LogP contribution < -0.4 is 11.5 Å². The average molecular weight is 265 g/mol. The molecule has 0 bridgehead atoms. The van der Waals surface area contributed by atoms with Crippen molar-refractivity contribution in [3.05, 3.63) is 59.2 Å². The Labute approximate surface area is 114 Å². The molecule has 3 rings (SSSR count). The summed E-state index contributed by atoms with van der Waals surface area (Å²) in [4.78, 5) is 27.9. The molecule has 0 saturated heterocycles. The van der Waals surface area contributed by atoms with Crippen LogP contribution in [-0.4, -0.2) is 17.6 Å². The Bertz CT molecular complexity index is 774. The van der Waals surface area contributed by atoms with Gasteiger partial charge in [-0.15, -0.1) is 0 Å². The van der Waals surface area contributed by atoms with Crippen molar-refractivity contribution in [1.82, 2.24) is 0 Å². The molecule has 2 aromatic rings. The number of carbonyl (C=O) groups excluding carboxylic acids is 2. The summed E-state index contributed by atoms with van der Waals surface area (Å²) in [5, 5.41) is 0. The summed E-state index contributed by atoms with van der Waals surface area (Å²) in [6, 6.07) is 12.1. The minimum Gasteiger partial charge on any atom is -0.370 e. The second-order valence-corrected chi connectivity index (χ2v) is 4.44. The predicted molar refractivity (Wildman–Crippen MR) is 75.5 cm³/mol. The normalized spacial score (nSPS) is 11.7. The molecule has 0 heterocycles. The molecule has 0 spiro atoms. The van der Waals surface area contributed by atoms with Crippen molar-refractivity contribution in [2.75, 3.05) is 0 Å². The van der Waals surface area contributed by atoms with Crippen molar-refractivity contribution < 1.29 is 9.59 Å². The predicted octanol–water partition coefficient (Wildman–Crippen LogP) is 1.31. The molecule has 5 nitrogen and oxygen atoms in total. The molecular formula is C15H11N3O2. The van der Waals surface area contributed by atoms with E-state index in [0.717, 1.165) is 5.56 Å². The summed E-state index contributed by atoms with van der Waals surface area (Å²) >= 11 is 0. The summed E-state index contributed by atoms with van der Waals surface area (Å²) in [5.41, 5.74) is 13.2.